The third-order valence-electron chi connectivity index (χ3n) is 10.1. The topological polar surface area (TPSA) is 143 Å². The molecular weight excluding hydrogens is 642 g/mol. The van der Waals surface area contributed by atoms with Crippen LogP contribution in [0, 0.1) is 29.1 Å². The fraction of sp³-hybridized carbons (Fsp3) is 0.775. The van der Waals surface area contributed by atoms with Crippen LogP contribution in [0.3, 0.4) is 0 Å². The molecule has 1 aromatic heterocycles. The molecule has 0 aliphatic heterocycles. The lowest BCUT2D eigenvalue weighted by Gasteiger charge is -2.31. The first-order chi connectivity index (χ1) is 24.0. The number of nitrogens with zero attached hydrogens (tertiary/aromatic N) is 4. The van der Waals surface area contributed by atoms with Gasteiger partial charge in [-0.05, 0) is 82.4 Å². The summed E-state index contributed by atoms with van der Waals surface area (Å²) >= 11 is 0. The predicted molar refractivity (Wildman–Crippen MR) is 208 cm³/mol. The summed E-state index contributed by atoms with van der Waals surface area (Å²) in [6, 6.07) is 6.56. The molecule has 0 radical (unpaired) electrons. The third kappa shape index (κ3) is 15.4. The molecular formula is C40H73N7O4. The maximum absolute atomic E-state index is 13.6. The lowest BCUT2D eigenvalue weighted by molar-refractivity contribution is -0.127. The Hall–Kier alpha value is -2.73. The number of carbonyl (C=O) groups is 1. The minimum Gasteiger partial charge on any atom is -0.493 e. The number of carbonyl (C=O) groups excluding carboxylic acids is 1. The van der Waals surface area contributed by atoms with Crippen molar-refractivity contribution in [2.24, 2.45) is 40.6 Å². The summed E-state index contributed by atoms with van der Waals surface area (Å²) in [6.45, 7) is 25.2. The number of nitrogens with two attached hydrogens (primary N) is 2. The van der Waals surface area contributed by atoms with Crippen molar-refractivity contribution in [1.29, 1.82) is 0 Å². The number of hydrogen-bond donors (Lipinski definition) is 3. The highest BCUT2D eigenvalue weighted by Crippen LogP contribution is 2.32. The Morgan fingerprint density at radius 2 is 1.61 bits per heavy atom. The number of ether oxygens (including phenoxy) is 3. The molecule has 0 bridgehead atoms. The quantitative estimate of drug-likeness (QED) is 0.110. The van der Waals surface area contributed by atoms with E-state index in [1.54, 1.807) is 14.2 Å². The lowest BCUT2D eigenvalue weighted by Crippen LogP contribution is -2.48. The normalized spacial score (nSPS) is 14.8. The predicted octanol–water partition coefficient (Wildman–Crippen LogP) is 5.73. The van der Waals surface area contributed by atoms with Crippen LogP contribution in [0.4, 0.5) is 0 Å². The van der Waals surface area contributed by atoms with E-state index in [0.717, 1.165) is 49.4 Å². The van der Waals surface area contributed by atoms with Crippen molar-refractivity contribution in [3.05, 3.63) is 35.7 Å². The average Bonchev–Trinajstić information content (AvgIpc) is 3.49. The molecule has 51 heavy (non-hydrogen) atoms. The summed E-state index contributed by atoms with van der Waals surface area (Å²) in [4.78, 5) is 16.1. The molecule has 0 saturated heterocycles. The van der Waals surface area contributed by atoms with Crippen molar-refractivity contribution < 1.29 is 19.0 Å². The molecule has 5 N–H and O–H groups in total. The van der Waals surface area contributed by atoms with Gasteiger partial charge in [0, 0.05) is 87.9 Å². The van der Waals surface area contributed by atoms with Crippen LogP contribution in [0.5, 0.6) is 11.5 Å². The molecule has 11 nitrogen and oxygen atoms in total. The van der Waals surface area contributed by atoms with E-state index in [1.807, 2.05) is 16.9 Å². The zero-order valence-corrected chi connectivity index (χ0v) is 34.1. The molecule has 0 unspecified atom stereocenters. The van der Waals surface area contributed by atoms with E-state index in [-0.39, 0.29) is 35.2 Å². The van der Waals surface area contributed by atoms with Gasteiger partial charge < -0.3 is 31.0 Å². The van der Waals surface area contributed by atoms with Gasteiger partial charge >= 0.3 is 0 Å². The molecule has 2 rings (SSSR count). The van der Waals surface area contributed by atoms with E-state index in [2.05, 4.69) is 102 Å². The number of aromatic nitrogens is 3. The molecule has 1 heterocycles. The molecule has 0 fully saturated rings. The van der Waals surface area contributed by atoms with Crippen molar-refractivity contribution >= 4 is 5.91 Å². The van der Waals surface area contributed by atoms with Crippen LogP contribution in [-0.2, 0) is 28.9 Å². The second-order valence-electron chi connectivity index (χ2n) is 16.5. The van der Waals surface area contributed by atoms with Crippen LogP contribution in [0.25, 0.3) is 0 Å². The van der Waals surface area contributed by atoms with E-state index in [0.29, 0.717) is 56.6 Å². The highest BCUT2D eigenvalue weighted by atomic mass is 16.5. The first kappa shape index (κ1) is 44.4. The average molecular weight is 716 g/mol. The standard InChI is InChI=1S/C40H73N7O4/c1-27(2)32(20-31-14-15-37(50-12)38(21-31)51-19-13-18-49-11)22-35(41)36(42)23-34(28(3)4)39(48)43-25-40(9,10)26-46-24-33(44-45-46)16-17-47(29(5)6)30(7)8/h14-15,21,24,27-30,32,34-36H,13,16-20,22-23,25-26,41-42H2,1-12H3,(H,43,48)/t32-,34-,35-,36-/m0/s1. The van der Waals surface area contributed by atoms with Crippen LogP contribution >= 0.6 is 0 Å². The summed E-state index contributed by atoms with van der Waals surface area (Å²) in [5.74, 6) is 2.09. The molecule has 4 atom stereocenters. The zero-order valence-electron chi connectivity index (χ0n) is 34.1. The van der Waals surface area contributed by atoms with Crippen LogP contribution in [0.1, 0.15) is 99.8 Å². The summed E-state index contributed by atoms with van der Waals surface area (Å²) in [5.41, 5.74) is 15.5. The van der Waals surface area contributed by atoms with Gasteiger partial charge in [-0.2, -0.15) is 0 Å². The van der Waals surface area contributed by atoms with Crippen molar-refractivity contribution in [3.63, 3.8) is 0 Å². The van der Waals surface area contributed by atoms with E-state index in [1.165, 1.54) is 5.56 Å². The molecule has 2 aromatic rings. The Morgan fingerprint density at radius 3 is 2.20 bits per heavy atom. The van der Waals surface area contributed by atoms with Gasteiger partial charge in [-0.15, -0.1) is 5.10 Å². The van der Waals surface area contributed by atoms with E-state index in [9.17, 15) is 4.79 Å². The minimum absolute atomic E-state index is 0.0270. The summed E-state index contributed by atoms with van der Waals surface area (Å²) in [5, 5.41) is 12.1. The number of hydrogen-bond acceptors (Lipinski definition) is 9. The van der Waals surface area contributed by atoms with Crippen LogP contribution in [-0.4, -0.2) is 90.5 Å². The zero-order chi connectivity index (χ0) is 38.3. The van der Waals surface area contributed by atoms with Gasteiger partial charge in [0.25, 0.3) is 0 Å². The molecule has 1 aromatic carbocycles. The lowest BCUT2D eigenvalue weighted by atomic mass is 9.80. The smallest absolute Gasteiger partial charge is 0.223 e. The first-order valence-electron chi connectivity index (χ1n) is 19.2. The molecule has 0 saturated carbocycles. The van der Waals surface area contributed by atoms with Crippen molar-refractivity contribution in [3.8, 4) is 11.5 Å². The summed E-state index contributed by atoms with van der Waals surface area (Å²) < 4.78 is 18.6. The third-order valence-corrected chi connectivity index (χ3v) is 10.1. The second-order valence-corrected chi connectivity index (χ2v) is 16.5. The van der Waals surface area contributed by atoms with Gasteiger partial charge in [-0.1, -0.05) is 52.8 Å². The molecule has 11 heteroatoms. The highest BCUT2D eigenvalue weighted by Gasteiger charge is 2.30. The van der Waals surface area contributed by atoms with Gasteiger partial charge in [0.15, 0.2) is 11.5 Å². The number of methoxy groups -OCH3 is 2. The van der Waals surface area contributed by atoms with Crippen molar-refractivity contribution in [1.82, 2.24) is 25.2 Å². The second kappa shape index (κ2) is 21.7. The maximum atomic E-state index is 13.6. The number of benzene rings is 1. The van der Waals surface area contributed by atoms with Crippen LogP contribution < -0.4 is 26.3 Å². The SMILES string of the molecule is COCCCOc1cc(C[C@@H](C[C@H](N)[C@@H](N)C[C@H](C(=O)NCC(C)(C)Cn2cc(CCN(C(C)C)C(C)C)nn2)C(C)C)C(C)C)ccc1OC. The Balaban J connectivity index is 1.97. The Bertz CT molecular complexity index is 1270. The largest absolute Gasteiger partial charge is 0.493 e. The molecule has 292 valence electrons. The van der Waals surface area contributed by atoms with E-state index in [4.69, 9.17) is 25.7 Å². The van der Waals surface area contributed by atoms with E-state index >= 15 is 0 Å². The Kier molecular flexibility index (Phi) is 18.9. The van der Waals surface area contributed by atoms with Crippen molar-refractivity contribution in [2.75, 3.05) is 40.5 Å². The highest BCUT2D eigenvalue weighted by molar-refractivity contribution is 5.79. The van der Waals surface area contributed by atoms with Crippen LogP contribution in [0.15, 0.2) is 24.4 Å². The molecule has 0 aliphatic rings. The van der Waals surface area contributed by atoms with Gasteiger partial charge in [0.05, 0.1) is 19.4 Å². The van der Waals surface area contributed by atoms with Crippen LogP contribution in [0.2, 0.25) is 0 Å². The fourth-order valence-electron chi connectivity index (χ4n) is 6.75. The van der Waals surface area contributed by atoms with Crippen molar-refractivity contribution in [2.45, 2.75) is 132 Å². The summed E-state index contributed by atoms with van der Waals surface area (Å²) in [6.07, 6.45) is 5.85. The van der Waals surface area contributed by atoms with Gasteiger partial charge in [-0.25, -0.2) is 0 Å². The van der Waals surface area contributed by atoms with Gasteiger partial charge in [0.1, 0.15) is 0 Å². The molecule has 0 aliphatic carbocycles. The molecule has 0 spiro atoms. The Labute approximate surface area is 309 Å². The molecule has 1 amide bonds. The minimum atomic E-state index is -0.302. The van der Waals surface area contributed by atoms with Gasteiger partial charge in [0.2, 0.25) is 5.91 Å². The maximum Gasteiger partial charge on any atom is 0.223 e. The Morgan fingerprint density at radius 1 is 0.941 bits per heavy atom. The van der Waals surface area contributed by atoms with Gasteiger partial charge in [-0.3, -0.25) is 14.4 Å². The summed E-state index contributed by atoms with van der Waals surface area (Å²) in [7, 11) is 3.35. The monoisotopic (exact) mass is 716 g/mol. The van der Waals surface area contributed by atoms with E-state index < -0.39 is 0 Å². The first-order valence-corrected chi connectivity index (χ1v) is 19.2. The number of amides is 1. The number of rotatable bonds is 25. The fourth-order valence-corrected chi connectivity index (χ4v) is 6.75. The number of nitrogens with one attached hydrogen (secondary N) is 1.